The largest absolute Gasteiger partial charge is 0.0654 e. The van der Waals surface area contributed by atoms with E-state index in [1.165, 1.54) is 57.8 Å². The van der Waals surface area contributed by atoms with Crippen molar-refractivity contribution in [2.45, 2.75) is 92.4 Å². The lowest BCUT2D eigenvalue weighted by molar-refractivity contribution is 0.336. The van der Waals surface area contributed by atoms with Crippen LogP contribution in [0.3, 0.4) is 0 Å². The summed E-state index contributed by atoms with van der Waals surface area (Å²) in [6, 6.07) is 0. The molecule has 0 aromatic heterocycles. The highest BCUT2D eigenvalue weighted by atomic mass is 14.2. The van der Waals surface area contributed by atoms with E-state index < -0.39 is 0 Å². The molecule has 0 fully saturated rings. The highest BCUT2D eigenvalue weighted by Crippen LogP contribution is 2.25. The Morgan fingerprint density at radius 3 is 1.71 bits per heavy atom. The van der Waals surface area contributed by atoms with Gasteiger partial charge in [0.05, 0.1) is 0 Å². The number of hydrogen-bond donors (Lipinski definition) is 0. The number of hydrogen-bond acceptors (Lipinski definition) is 0. The van der Waals surface area contributed by atoms with Gasteiger partial charge in [0.1, 0.15) is 0 Å². The molecule has 0 aliphatic carbocycles. The van der Waals surface area contributed by atoms with Gasteiger partial charge in [-0.05, 0) is 17.8 Å². The van der Waals surface area contributed by atoms with Crippen molar-refractivity contribution in [2.24, 2.45) is 17.8 Å². The zero-order valence-electron chi connectivity index (χ0n) is 13.1. The van der Waals surface area contributed by atoms with Gasteiger partial charge in [-0.1, -0.05) is 92.4 Å². The van der Waals surface area contributed by atoms with Crippen molar-refractivity contribution in [3.63, 3.8) is 0 Å². The SMILES string of the molecule is CCCCC(C)CCC(CC)CCC(C)CC. The third-order valence-electron chi connectivity index (χ3n) is 4.46. The van der Waals surface area contributed by atoms with Crippen molar-refractivity contribution in [2.75, 3.05) is 0 Å². The minimum absolute atomic E-state index is 0.932. The minimum Gasteiger partial charge on any atom is -0.0654 e. The fourth-order valence-electron chi connectivity index (χ4n) is 2.49. The van der Waals surface area contributed by atoms with Crippen molar-refractivity contribution in [3.8, 4) is 0 Å². The van der Waals surface area contributed by atoms with Gasteiger partial charge < -0.3 is 0 Å². The Hall–Kier alpha value is 0. The second kappa shape index (κ2) is 11.1. The molecule has 0 bridgehead atoms. The first-order valence-electron chi connectivity index (χ1n) is 8.13. The molecule has 3 unspecified atom stereocenters. The Bertz CT molecular complexity index is 150. The van der Waals surface area contributed by atoms with E-state index in [1.54, 1.807) is 0 Å². The molecule has 0 spiro atoms. The molecule has 0 aromatic rings. The van der Waals surface area contributed by atoms with Gasteiger partial charge in [0.25, 0.3) is 0 Å². The van der Waals surface area contributed by atoms with Gasteiger partial charge in [-0.15, -0.1) is 0 Å². The van der Waals surface area contributed by atoms with Gasteiger partial charge in [-0.2, -0.15) is 0 Å². The van der Waals surface area contributed by atoms with Crippen LogP contribution in [0.1, 0.15) is 92.4 Å². The monoisotopic (exact) mass is 240 g/mol. The molecular weight excluding hydrogens is 204 g/mol. The van der Waals surface area contributed by atoms with Crippen LogP contribution in [0.2, 0.25) is 0 Å². The van der Waals surface area contributed by atoms with Gasteiger partial charge in [0.15, 0.2) is 0 Å². The maximum Gasteiger partial charge on any atom is -0.0417 e. The lowest BCUT2D eigenvalue weighted by atomic mass is 9.87. The number of rotatable bonds is 11. The van der Waals surface area contributed by atoms with Crippen LogP contribution in [-0.4, -0.2) is 0 Å². The zero-order valence-corrected chi connectivity index (χ0v) is 13.1. The molecule has 0 radical (unpaired) electrons. The van der Waals surface area contributed by atoms with Gasteiger partial charge in [0.2, 0.25) is 0 Å². The van der Waals surface area contributed by atoms with Crippen LogP contribution < -0.4 is 0 Å². The fourth-order valence-corrected chi connectivity index (χ4v) is 2.49. The average Bonchev–Trinajstić information content (AvgIpc) is 2.35. The molecule has 0 aliphatic rings. The zero-order chi connectivity index (χ0) is 13.1. The summed E-state index contributed by atoms with van der Waals surface area (Å²) in [5.74, 6) is 2.88. The molecule has 0 nitrogen and oxygen atoms in total. The quantitative estimate of drug-likeness (QED) is 0.389. The van der Waals surface area contributed by atoms with Gasteiger partial charge in [-0.3, -0.25) is 0 Å². The molecule has 0 amide bonds. The van der Waals surface area contributed by atoms with E-state index >= 15 is 0 Å². The summed E-state index contributed by atoms with van der Waals surface area (Å²) in [6.07, 6.45) is 12.8. The standard InChI is InChI=1S/C17H36/c1-6-9-10-16(5)12-14-17(8-3)13-11-15(4)7-2/h15-17H,6-14H2,1-5H3. The van der Waals surface area contributed by atoms with Crippen LogP contribution >= 0.6 is 0 Å². The van der Waals surface area contributed by atoms with Crippen LogP contribution in [0, 0.1) is 17.8 Å². The van der Waals surface area contributed by atoms with Crippen LogP contribution in [0.15, 0.2) is 0 Å². The molecule has 0 saturated carbocycles. The van der Waals surface area contributed by atoms with Crippen molar-refractivity contribution in [3.05, 3.63) is 0 Å². The minimum atomic E-state index is 0.932. The molecule has 0 heteroatoms. The lowest BCUT2D eigenvalue weighted by Crippen LogP contribution is -2.05. The van der Waals surface area contributed by atoms with Crippen LogP contribution in [0.5, 0.6) is 0 Å². The molecular formula is C17H36. The number of unbranched alkanes of at least 4 members (excludes halogenated alkanes) is 1. The predicted molar refractivity (Wildman–Crippen MR) is 80.4 cm³/mol. The molecule has 0 heterocycles. The second-order valence-electron chi connectivity index (χ2n) is 6.19. The lowest BCUT2D eigenvalue weighted by Gasteiger charge is -2.19. The third-order valence-corrected chi connectivity index (χ3v) is 4.46. The molecule has 3 atom stereocenters. The molecule has 0 saturated heterocycles. The summed E-state index contributed by atoms with van der Waals surface area (Å²) in [7, 11) is 0. The van der Waals surface area contributed by atoms with E-state index in [0.29, 0.717) is 0 Å². The predicted octanol–water partition coefficient (Wildman–Crippen LogP) is 6.45. The molecule has 0 aliphatic heterocycles. The van der Waals surface area contributed by atoms with E-state index in [2.05, 4.69) is 34.6 Å². The summed E-state index contributed by atoms with van der Waals surface area (Å²) in [5, 5.41) is 0. The Labute approximate surface area is 111 Å². The van der Waals surface area contributed by atoms with Crippen LogP contribution in [0.4, 0.5) is 0 Å². The summed E-state index contributed by atoms with van der Waals surface area (Å²) >= 11 is 0. The first-order chi connectivity index (χ1) is 8.13. The van der Waals surface area contributed by atoms with Crippen molar-refractivity contribution in [1.82, 2.24) is 0 Å². The average molecular weight is 240 g/mol. The molecule has 0 N–H and O–H groups in total. The first-order valence-corrected chi connectivity index (χ1v) is 8.13. The highest BCUT2D eigenvalue weighted by Gasteiger charge is 2.10. The van der Waals surface area contributed by atoms with E-state index in [0.717, 1.165) is 17.8 Å². The Morgan fingerprint density at radius 1 is 0.647 bits per heavy atom. The summed E-state index contributed by atoms with van der Waals surface area (Å²) in [6.45, 7) is 11.8. The molecule has 17 heavy (non-hydrogen) atoms. The summed E-state index contributed by atoms with van der Waals surface area (Å²) in [5.41, 5.74) is 0. The molecule has 0 aromatic carbocycles. The highest BCUT2D eigenvalue weighted by molar-refractivity contribution is 4.63. The van der Waals surface area contributed by atoms with E-state index in [9.17, 15) is 0 Å². The third kappa shape index (κ3) is 9.68. The van der Waals surface area contributed by atoms with E-state index in [-0.39, 0.29) is 0 Å². The summed E-state index contributed by atoms with van der Waals surface area (Å²) < 4.78 is 0. The van der Waals surface area contributed by atoms with Gasteiger partial charge >= 0.3 is 0 Å². The topological polar surface area (TPSA) is 0 Å². The Morgan fingerprint density at radius 2 is 1.24 bits per heavy atom. The molecule has 104 valence electrons. The van der Waals surface area contributed by atoms with Crippen molar-refractivity contribution < 1.29 is 0 Å². The van der Waals surface area contributed by atoms with Crippen molar-refractivity contribution >= 4 is 0 Å². The normalized spacial score (nSPS) is 16.8. The van der Waals surface area contributed by atoms with Crippen molar-refractivity contribution in [1.29, 1.82) is 0 Å². The van der Waals surface area contributed by atoms with E-state index in [1.807, 2.05) is 0 Å². The summed E-state index contributed by atoms with van der Waals surface area (Å²) in [4.78, 5) is 0. The smallest absolute Gasteiger partial charge is 0.0417 e. The fraction of sp³-hybridized carbons (Fsp3) is 1.00. The van der Waals surface area contributed by atoms with Gasteiger partial charge in [0, 0.05) is 0 Å². The van der Waals surface area contributed by atoms with Crippen LogP contribution in [0.25, 0.3) is 0 Å². The van der Waals surface area contributed by atoms with Gasteiger partial charge in [-0.25, -0.2) is 0 Å². The molecule has 0 rings (SSSR count). The Kier molecular flexibility index (Phi) is 11.1. The van der Waals surface area contributed by atoms with Crippen LogP contribution in [-0.2, 0) is 0 Å². The maximum atomic E-state index is 2.44. The second-order valence-corrected chi connectivity index (χ2v) is 6.19. The Balaban J connectivity index is 3.66. The van der Waals surface area contributed by atoms with E-state index in [4.69, 9.17) is 0 Å². The maximum absolute atomic E-state index is 2.44. The first kappa shape index (κ1) is 17.0.